The fourth-order valence-electron chi connectivity index (χ4n) is 3.57. The summed E-state index contributed by atoms with van der Waals surface area (Å²) in [6, 6.07) is 3.88. The molecule has 0 saturated carbocycles. The molecule has 0 fully saturated rings. The topological polar surface area (TPSA) is 92.9 Å². The van der Waals surface area contributed by atoms with Gasteiger partial charge in [0.25, 0.3) is 5.95 Å². The van der Waals surface area contributed by atoms with Crippen LogP contribution in [0, 0.1) is 0 Å². The molecule has 4 aromatic heterocycles. The van der Waals surface area contributed by atoms with Crippen molar-refractivity contribution in [2.45, 2.75) is 32.2 Å². The maximum absolute atomic E-state index is 5.35. The van der Waals surface area contributed by atoms with Gasteiger partial charge in [-0.1, -0.05) is 0 Å². The first-order chi connectivity index (χ1) is 14.2. The zero-order valence-electron chi connectivity index (χ0n) is 16.3. The molecule has 29 heavy (non-hydrogen) atoms. The summed E-state index contributed by atoms with van der Waals surface area (Å²) in [4.78, 5) is 22.6. The van der Waals surface area contributed by atoms with E-state index in [2.05, 4.69) is 20.4 Å². The Kier molecular flexibility index (Phi) is 4.59. The number of nitrogens with zero attached hydrogens (tertiary/aromatic N) is 6. The molecule has 0 bridgehead atoms. The summed E-state index contributed by atoms with van der Waals surface area (Å²) >= 11 is 1.78. The molecule has 0 atom stereocenters. The van der Waals surface area contributed by atoms with Crippen molar-refractivity contribution in [2.75, 3.05) is 24.3 Å². The number of rotatable bonds is 5. The van der Waals surface area contributed by atoms with E-state index in [9.17, 15) is 0 Å². The van der Waals surface area contributed by atoms with Crippen LogP contribution in [0.1, 0.15) is 29.2 Å². The van der Waals surface area contributed by atoms with Crippen LogP contribution in [0.4, 0.5) is 11.8 Å². The van der Waals surface area contributed by atoms with E-state index in [4.69, 9.17) is 14.5 Å². The molecule has 148 valence electrons. The predicted octanol–water partition coefficient (Wildman–Crippen LogP) is 3.69. The maximum Gasteiger partial charge on any atom is 0.265 e. The summed E-state index contributed by atoms with van der Waals surface area (Å²) in [6.45, 7) is 0.407. The van der Waals surface area contributed by atoms with Crippen molar-refractivity contribution in [1.82, 2.24) is 25.1 Å². The van der Waals surface area contributed by atoms with Crippen molar-refractivity contribution in [3.8, 4) is 11.4 Å². The standard InChI is InChI=1S/C20H21N7OS/c1-27(2)20-23-15(28-26-20)11-22-18-16-13-7-3-4-8-14(13)29-19(16)25-17(24-18)12-6-5-9-21-10-12/h5-6,9-10H,3-4,7-8,11H2,1-2H3,(H,22,24,25). The number of thiophene rings is 1. The minimum atomic E-state index is 0.407. The Morgan fingerprint density at radius 1 is 1.17 bits per heavy atom. The number of hydrogen-bond donors (Lipinski definition) is 1. The van der Waals surface area contributed by atoms with E-state index in [0.717, 1.165) is 34.4 Å². The Bertz CT molecular complexity index is 1150. The normalized spacial score (nSPS) is 13.4. The van der Waals surface area contributed by atoms with Crippen LogP contribution in [-0.4, -0.2) is 39.2 Å². The van der Waals surface area contributed by atoms with E-state index in [1.807, 2.05) is 31.1 Å². The van der Waals surface area contributed by atoms with Crippen LogP contribution in [0.3, 0.4) is 0 Å². The van der Waals surface area contributed by atoms with Crippen LogP contribution >= 0.6 is 11.3 Å². The molecule has 0 saturated heterocycles. The van der Waals surface area contributed by atoms with E-state index < -0.39 is 0 Å². The molecule has 1 aliphatic carbocycles. The highest BCUT2D eigenvalue weighted by Crippen LogP contribution is 2.39. The predicted molar refractivity (Wildman–Crippen MR) is 113 cm³/mol. The summed E-state index contributed by atoms with van der Waals surface area (Å²) in [7, 11) is 3.77. The number of pyridine rings is 1. The Hall–Kier alpha value is -3.07. The molecule has 0 spiro atoms. The van der Waals surface area contributed by atoms with Crippen LogP contribution in [0.15, 0.2) is 29.0 Å². The lowest BCUT2D eigenvalue weighted by Crippen LogP contribution is -2.10. The highest BCUT2D eigenvalue weighted by atomic mass is 32.1. The Balaban J connectivity index is 1.56. The first-order valence-corrected chi connectivity index (χ1v) is 10.5. The number of fused-ring (bicyclic) bond motifs is 3. The third kappa shape index (κ3) is 3.42. The van der Waals surface area contributed by atoms with E-state index in [1.165, 1.54) is 23.3 Å². The zero-order chi connectivity index (χ0) is 19.8. The van der Waals surface area contributed by atoms with Gasteiger partial charge in [0.05, 0.1) is 11.9 Å². The average Bonchev–Trinajstić information content (AvgIpc) is 3.37. The van der Waals surface area contributed by atoms with Gasteiger partial charge in [0.15, 0.2) is 5.82 Å². The van der Waals surface area contributed by atoms with Gasteiger partial charge in [-0.15, -0.1) is 11.3 Å². The van der Waals surface area contributed by atoms with Gasteiger partial charge < -0.3 is 14.7 Å². The van der Waals surface area contributed by atoms with Crippen molar-refractivity contribution in [2.24, 2.45) is 0 Å². The zero-order valence-corrected chi connectivity index (χ0v) is 17.2. The van der Waals surface area contributed by atoms with Crippen LogP contribution in [0.5, 0.6) is 0 Å². The lowest BCUT2D eigenvalue weighted by Gasteiger charge is -2.12. The second-order valence-electron chi connectivity index (χ2n) is 7.26. The van der Waals surface area contributed by atoms with Gasteiger partial charge in [0, 0.05) is 36.9 Å². The van der Waals surface area contributed by atoms with Crippen LogP contribution in [0.25, 0.3) is 21.6 Å². The van der Waals surface area contributed by atoms with Crippen molar-refractivity contribution < 1.29 is 4.52 Å². The number of aromatic nitrogens is 5. The monoisotopic (exact) mass is 407 g/mol. The minimum absolute atomic E-state index is 0.407. The van der Waals surface area contributed by atoms with E-state index >= 15 is 0 Å². The molecule has 0 radical (unpaired) electrons. The second-order valence-corrected chi connectivity index (χ2v) is 8.35. The molecule has 0 aliphatic heterocycles. The molecule has 5 rings (SSSR count). The van der Waals surface area contributed by atoms with Gasteiger partial charge in [-0.25, -0.2) is 9.97 Å². The maximum atomic E-state index is 5.35. The molecular weight excluding hydrogens is 386 g/mol. The quantitative estimate of drug-likeness (QED) is 0.535. The molecule has 9 heteroatoms. The average molecular weight is 408 g/mol. The van der Waals surface area contributed by atoms with Crippen LogP contribution in [-0.2, 0) is 19.4 Å². The fraction of sp³-hybridized carbons (Fsp3) is 0.350. The minimum Gasteiger partial charge on any atom is -0.360 e. The summed E-state index contributed by atoms with van der Waals surface area (Å²) in [5.74, 6) is 2.56. The van der Waals surface area contributed by atoms with E-state index in [1.54, 1.807) is 23.7 Å². The second kappa shape index (κ2) is 7.40. The van der Waals surface area contributed by atoms with Crippen molar-refractivity contribution in [3.05, 3.63) is 40.9 Å². The first kappa shape index (κ1) is 18.0. The Morgan fingerprint density at radius 3 is 2.86 bits per heavy atom. The first-order valence-electron chi connectivity index (χ1n) is 9.65. The number of anilines is 2. The molecule has 8 nitrogen and oxygen atoms in total. The summed E-state index contributed by atoms with van der Waals surface area (Å²) < 4.78 is 5.35. The van der Waals surface area contributed by atoms with E-state index in [-0.39, 0.29) is 0 Å². The van der Waals surface area contributed by atoms with Gasteiger partial charge >= 0.3 is 0 Å². The van der Waals surface area contributed by atoms with Gasteiger partial charge in [0.1, 0.15) is 10.6 Å². The Morgan fingerprint density at radius 2 is 2.07 bits per heavy atom. The summed E-state index contributed by atoms with van der Waals surface area (Å²) in [6.07, 6.45) is 8.18. The molecular formula is C20H21N7OS. The summed E-state index contributed by atoms with van der Waals surface area (Å²) in [5, 5.41) is 8.53. The number of nitrogens with one attached hydrogen (secondary N) is 1. The summed E-state index contributed by atoms with van der Waals surface area (Å²) in [5.41, 5.74) is 2.28. The molecule has 0 unspecified atom stereocenters. The van der Waals surface area contributed by atoms with Gasteiger partial charge in [-0.3, -0.25) is 4.98 Å². The van der Waals surface area contributed by atoms with Crippen molar-refractivity contribution in [3.63, 3.8) is 0 Å². The lowest BCUT2D eigenvalue weighted by molar-refractivity contribution is 0.383. The van der Waals surface area contributed by atoms with Crippen molar-refractivity contribution in [1.29, 1.82) is 0 Å². The SMILES string of the molecule is CN(C)c1noc(CNc2nc(-c3cccnc3)nc3sc4c(c23)CCCC4)n1. The van der Waals surface area contributed by atoms with Crippen molar-refractivity contribution >= 4 is 33.3 Å². The molecule has 4 aromatic rings. The molecule has 0 aromatic carbocycles. The van der Waals surface area contributed by atoms with Gasteiger partial charge in [-0.05, 0) is 48.5 Å². The molecule has 0 amide bonds. The highest BCUT2D eigenvalue weighted by molar-refractivity contribution is 7.19. The largest absolute Gasteiger partial charge is 0.360 e. The van der Waals surface area contributed by atoms with Crippen LogP contribution in [0.2, 0.25) is 0 Å². The highest BCUT2D eigenvalue weighted by Gasteiger charge is 2.22. The van der Waals surface area contributed by atoms with Gasteiger partial charge in [-0.2, -0.15) is 4.98 Å². The lowest BCUT2D eigenvalue weighted by atomic mass is 9.97. The molecule has 1 aliphatic rings. The Labute approximate surface area is 172 Å². The van der Waals surface area contributed by atoms with Crippen LogP contribution < -0.4 is 10.2 Å². The smallest absolute Gasteiger partial charge is 0.265 e. The molecule has 1 N–H and O–H groups in total. The van der Waals surface area contributed by atoms with E-state index in [0.29, 0.717) is 24.2 Å². The number of hydrogen-bond acceptors (Lipinski definition) is 9. The number of aryl methyl sites for hydroxylation is 2. The molecule has 4 heterocycles. The third-order valence-corrected chi connectivity index (χ3v) is 6.18. The van der Waals surface area contributed by atoms with Gasteiger partial charge in [0.2, 0.25) is 5.89 Å². The third-order valence-electron chi connectivity index (χ3n) is 5.00. The fourth-order valence-corrected chi connectivity index (χ4v) is 4.83.